The maximum Gasteiger partial charge on any atom is 0.260 e. The molecule has 2 aromatic carbocycles. The predicted octanol–water partition coefficient (Wildman–Crippen LogP) is 4.99. The van der Waals surface area contributed by atoms with Crippen LogP contribution in [0.25, 0.3) is 10.2 Å². The van der Waals surface area contributed by atoms with E-state index >= 15 is 0 Å². The highest BCUT2D eigenvalue weighted by atomic mass is 35.5. The molecule has 0 radical (unpaired) electrons. The molecule has 0 saturated carbocycles. The first-order chi connectivity index (χ1) is 14.9. The number of benzene rings is 2. The lowest BCUT2D eigenvalue weighted by Gasteiger charge is -2.19. The van der Waals surface area contributed by atoms with E-state index in [0.29, 0.717) is 21.4 Å². The highest BCUT2D eigenvalue weighted by molar-refractivity contribution is 7.91. The largest absolute Gasteiger partial charge is 0.278 e. The molecule has 4 aromatic rings. The summed E-state index contributed by atoms with van der Waals surface area (Å²) in [5.41, 5.74) is 1.81. The zero-order valence-electron chi connectivity index (χ0n) is 16.5. The van der Waals surface area contributed by atoms with Gasteiger partial charge in [-0.3, -0.25) is 14.7 Å². The lowest BCUT2D eigenvalue weighted by atomic mass is 10.2. The topological polar surface area (TPSA) is 80.2 Å². The number of hydrogen-bond acceptors (Lipinski definition) is 6. The fourth-order valence-electron chi connectivity index (χ4n) is 3.01. The molecule has 0 aliphatic heterocycles. The van der Waals surface area contributed by atoms with Crippen LogP contribution in [0.2, 0.25) is 5.02 Å². The number of amides is 1. The van der Waals surface area contributed by atoms with Gasteiger partial charge in [-0.1, -0.05) is 35.9 Å². The normalized spacial score (nSPS) is 11.5. The fourth-order valence-corrected chi connectivity index (χ4v) is 5.13. The quantitative estimate of drug-likeness (QED) is 0.396. The van der Waals surface area contributed by atoms with Crippen LogP contribution in [0.1, 0.15) is 23.0 Å². The summed E-state index contributed by atoms with van der Waals surface area (Å²) >= 11 is 7.46. The molecule has 4 rings (SSSR count). The summed E-state index contributed by atoms with van der Waals surface area (Å²) in [6.07, 6.45) is 1.67. The molecular formula is C22H18ClN3O3S2. The SMILES string of the molecule is CCS(=O)(=O)c1ccc(C(=O)N(Cc2ccccn2)c2nc3ccc(Cl)cc3s2)cc1. The molecule has 31 heavy (non-hydrogen) atoms. The number of carbonyl (C=O) groups is 1. The minimum absolute atomic E-state index is 0.000356. The number of nitrogens with zero attached hydrogens (tertiary/aromatic N) is 3. The van der Waals surface area contributed by atoms with Gasteiger partial charge in [-0.15, -0.1) is 0 Å². The number of anilines is 1. The second-order valence-electron chi connectivity index (χ2n) is 6.75. The maximum absolute atomic E-state index is 13.4. The van der Waals surface area contributed by atoms with Crippen molar-refractivity contribution < 1.29 is 13.2 Å². The monoisotopic (exact) mass is 471 g/mol. The average molecular weight is 472 g/mol. The molecule has 2 heterocycles. The molecule has 0 fully saturated rings. The van der Waals surface area contributed by atoms with Crippen LogP contribution < -0.4 is 4.90 Å². The van der Waals surface area contributed by atoms with E-state index in [1.165, 1.54) is 35.6 Å². The van der Waals surface area contributed by atoms with Gasteiger partial charge in [-0.2, -0.15) is 0 Å². The van der Waals surface area contributed by atoms with Gasteiger partial charge in [0.2, 0.25) is 0 Å². The molecule has 9 heteroatoms. The van der Waals surface area contributed by atoms with Gasteiger partial charge in [0.15, 0.2) is 15.0 Å². The summed E-state index contributed by atoms with van der Waals surface area (Å²) < 4.78 is 25.0. The Labute approximate surface area is 189 Å². The van der Waals surface area contributed by atoms with Crippen molar-refractivity contribution in [2.45, 2.75) is 18.4 Å². The van der Waals surface area contributed by atoms with E-state index in [1.54, 1.807) is 24.1 Å². The summed E-state index contributed by atoms with van der Waals surface area (Å²) in [5, 5.41) is 1.11. The molecule has 0 atom stereocenters. The van der Waals surface area contributed by atoms with Crippen molar-refractivity contribution in [2.75, 3.05) is 10.7 Å². The Bertz CT molecular complexity index is 1340. The maximum atomic E-state index is 13.4. The number of halogens is 1. The average Bonchev–Trinajstić information content (AvgIpc) is 3.20. The third-order valence-electron chi connectivity index (χ3n) is 4.70. The van der Waals surface area contributed by atoms with Crippen molar-refractivity contribution >= 4 is 54.0 Å². The first-order valence-electron chi connectivity index (χ1n) is 9.48. The van der Waals surface area contributed by atoms with E-state index in [2.05, 4.69) is 9.97 Å². The molecule has 158 valence electrons. The van der Waals surface area contributed by atoms with Crippen molar-refractivity contribution in [2.24, 2.45) is 0 Å². The summed E-state index contributed by atoms with van der Waals surface area (Å²) in [6.45, 7) is 1.81. The van der Waals surface area contributed by atoms with Crippen LogP contribution >= 0.6 is 22.9 Å². The van der Waals surface area contributed by atoms with Crippen LogP contribution in [-0.2, 0) is 16.4 Å². The lowest BCUT2D eigenvalue weighted by Crippen LogP contribution is -2.30. The van der Waals surface area contributed by atoms with E-state index < -0.39 is 9.84 Å². The van der Waals surface area contributed by atoms with Gasteiger partial charge in [-0.25, -0.2) is 13.4 Å². The molecule has 6 nitrogen and oxygen atoms in total. The van der Waals surface area contributed by atoms with E-state index in [-0.39, 0.29) is 23.1 Å². The smallest absolute Gasteiger partial charge is 0.260 e. The predicted molar refractivity (Wildman–Crippen MR) is 124 cm³/mol. The second-order valence-corrected chi connectivity index (χ2v) is 10.5. The molecule has 0 saturated heterocycles. The number of aromatic nitrogens is 2. The Morgan fingerprint density at radius 2 is 1.87 bits per heavy atom. The molecule has 0 aliphatic carbocycles. The minimum atomic E-state index is -3.34. The number of fused-ring (bicyclic) bond motifs is 1. The molecule has 0 spiro atoms. The Kier molecular flexibility index (Phi) is 6.04. The first kappa shape index (κ1) is 21.4. The number of thiazole rings is 1. The van der Waals surface area contributed by atoms with Gasteiger partial charge in [-0.05, 0) is 54.6 Å². The molecule has 1 amide bonds. The van der Waals surface area contributed by atoms with Crippen LogP contribution in [0, 0.1) is 0 Å². The van der Waals surface area contributed by atoms with Crippen molar-refractivity contribution in [3.8, 4) is 0 Å². The Morgan fingerprint density at radius 1 is 1.10 bits per heavy atom. The van der Waals surface area contributed by atoms with Gasteiger partial charge < -0.3 is 0 Å². The summed E-state index contributed by atoms with van der Waals surface area (Å²) in [5.74, 6) is -0.295. The summed E-state index contributed by atoms with van der Waals surface area (Å²) in [7, 11) is -3.34. The van der Waals surface area contributed by atoms with Gasteiger partial charge in [0.1, 0.15) is 0 Å². The number of pyridine rings is 1. The molecule has 0 N–H and O–H groups in total. The van der Waals surface area contributed by atoms with Crippen molar-refractivity contribution in [1.82, 2.24) is 9.97 Å². The van der Waals surface area contributed by atoms with Crippen LogP contribution in [0.5, 0.6) is 0 Å². The zero-order chi connectivity index (χ0) is 22.0. The molecule has 2 aromatic heterocycles. The number of sulfone groups is 1. The minimum Gasteiger partial charge on any atom is -0.278 e. The molecule has 0 unspecified atom stereocenters. The lowest BCUT2D eigenvalue weighted by molar-refractivity contribution is 0.0984. The number of rotatable bonds is 6. The molecule has 0 aliphatic rings. The second kappa shape index (κ2) is 8.74. The van der Waals surface area contributed by atoms with E-state index in [9.17, 15) is 13.2 Å². The van der Waals surface area contributed by atoms with Crippen molar-refractivity contribution in [3.63, 3.8) is 0 Å². The third-order valence-corrected chi connectivity index (χ3v) is 7.73. The Morgan fingerprint density at radius 3 is 2.55 bits per heavy atom. The first-order valence-corrected chi connectivity index (χ1v) is 12.3. The summed E-state index contributed by atoms with van der Waals surface area (Å²) in [4.78, 5) is 24.1. The zero-order valence-corrected chi connectivity index (χ0v) is 18.9. The van der Waals surface area contributed by atoms with Crippen LogP contribution in [0.15, 0.2) is 71.8 Å². The standard InChI is InChI=1S/C22H18ClN3O3S2/c1-2-31(28,29)18-9-6-15(7-10-18)21(27)26(14-17-5-3-4-12-24-17)22-25-19-11-8-16(23)13-20(19)30-22/h3-13H,2,14H2,1H3. The Balaban J connectivity index is 1.73. The third kappa shape index (κ3) is 4.61. The van der Waals surface area contributed by atoms with Gasteiger partial charge in [0, 0.05) is 16.8 Å². The van der Waals surface area contributed by atoms with E-state index in [0.717, 1.165) is 10.2 Å². The van der Waals surface area contributed by atoms with Crippen LogP contribution in [0.3, 0.4) is 0 Å². The molecular weight excluding hydrogens is 454 g/mol. The van der Waals surface area contributed by atoms with Gasteiger partial charge in [0.25, 0.3) is 5.91 Å². The van der Waals surface area contributed by atoms with Crippen LogP contribution in [-0.4, -0.2) is 30.0 Å². The fraction of sp³-hybridized carbons (Fsp3) is 0.136. The van der Waals surface area contributed by atoms with E-state index in [4.69, 9.17) is 11.6 Å². The van der Waals surface area contributed by atoms with Crippen LogP contribution in [0.4, 0.5) is 5.13 Å². The highest BCUT2D eigenvalue weighted by Crippen LogP contribution is 2.32. The molecule has 0 bridgehead atoms. The number of carbonyl (C=O) groups excluding carboxylic acids is 1. The van der Waals surface area contributed by atoms with Crippen molar-refractivity contribution in [3.05, 3.63) is 83.1 Å². The summed E-state index contributed by atoms with van der Waals surface area (Å²) in [6, 6.07) is 16.9. The highest BCUT2D eigenvalue weighted by Gasteiger charge is 2.23. The Hall–Kier alpha value is -2.81. The van der Waals surface area contributed by atoms with Crippen molar-refractivity contribution in [1.29, 1.82) is 0 Å². The van der Waals surface area contributed by atoms with Gasteiger partial charge in [0.05, 0.1) is 33.1 Å². The van der Waals surface area contributed by atoms with E-state index in [1.807, 2.05) is 30.3 Å². The number of hydrogen-bond donors (Lipinski definition) is 0. The van der Waals surface area contributed by atoms with Gasteiger partial charge >= 0.3 is 0 Å².